The van der Waals surface area contributed by atoms with E-state index >= 15 is 0 Å². The van der Waals surface area contributed by atoms with E-state index in [1.165, 1.54) is 7.11 Å². The average molecular weight is 538 g/mol. The number of methoxy groups -OCH3 is 5. The number of carbonyl (C=O) groups excluding carboxylic acids is 2. The summed E-state index contributed by atoms with van der Waals surface area (Å²) < 4.78 is 32.6. The SMILES string of the molecule is COCCOC(=O)C1=C(C)NC2=C(C(=O)CC(c3ccc(OC)c(OC)c3)C2)C1c1cc(OC)ccc1OC. The molecule has 208 valence electrons. The number of carbonyl (C=O) groups is 2. The third kappa shape index (κ3) is 5.59. The van der Waals surface area contributed by atoms with Gasteiger partial charge in [0.15, 0.2) is 17.3 Å². The number of nitrogens with one attached hydrogen (secondary N) is 1. The van der Waals surface area contributed by atoms with Gasteiger partial charge in [0, 0.05) is 36.1 Å². The first kappa shape index (κ1) is 28.0. The van der Waals surface area contributed by atoms with Crippen LogP contribution >= 0.6 is 0 Å². The first-order chi connectivity index (χ1) is 18.9. The first-order valence-electron chi connectivity index (χ1n) is 12.7. The largest absolute Gasteiger partial charge is 0.497 e. The van der Waals surface area contributed by atoms with E-state index in [1.807, 2.05) is 31.2 Å². The van der Waals surface area contributed by atoms with Crippen molar-refractivity contribution in [3.8, 4) is 23.0 Å². The van der Waals surface area contributed by atoms with Crippen molar-refractivity contribution < 1.29 is 38.0 Å². The Labute approximate surface area is 228 Å². The molecule has 0 saturated heterocycles. The number of dihydropyridines is 1. The van der Waals surface area contributed by atoms with Crippen LogP contribution in [0.2, 0.25) is 0 Å². The van der Waals surface area contributed by atoms with E-state index in [0.717, 1.165) is 11.3 Å². The normalized spacial score (nSPS) is 18.8. The zero-order chi connectivity index (χ0) is 28.1. The van der Waals surface area contributed by atoms with Crippen molar-refractivity contribution in [2.45, 2.75) is 31.6 Å². The van der Waals surface area contributed by atoms with Gasteiger partial charge in [-0.05, 0) is 55.2 Å². The predicted molar refractivity (Wildman–Crippen MR) is 145 cm³/mol. The molecule has 2 aromatic rings. The smallest absolute Gasteiger partial charge is 0.336 e. The first-order valence-corrected chi connectivity index (χ1v) is 12.7. The van der Waals surface area contributed by atoms with Gasteiger partial charge in [0.05, 0.1) is 46.5 Å². The monoisotopic (exact) mass is 537 g/mol. The van der Waals surface area contributed by atoms with Crippen molar-refractivity contribution in [2.24, 2.45) is 0 Å². The summed E-state index contributed by atoms with van der Waals surface area (Å²) in [6, 6.07) is 11.1. The molecule has 2 atom stereocenters. The summed E-state index contributed by atoms with van der Waals surface area (Å²) in [6.45, 7) is 2.18. The lowest BCUT2D eigenvalue weighted by Gasteiger charge is -2.37. The summed E-state index contributed by atoms with van der Waals surface area (Å²) in [7, 11) is 7.84. The van der Waals surface area contributed by atoms with E-state index in [9.17, 15) is 9.59 Å². The van der Waals surface area contributed by atoms with E-state index in [0.29, 0.717) is 51.8 Å². The van der Waals surface area contributed by atoms with Crippen LogP contribution in [0.5, 0.6) is 23.0 Å². The molecule has 39 heavy (non-hydrogen) atoms. The number of rotatable bonds is 10. The Bertz CT molecular complexity index is 1310. The maximum Gasteiger partial charge on any atom is 0.336 e. The van der Waals surface area contributed by atoms with Crippen molar-refractivity contribution >= 4 is 11.8 Å². The van der Waals surface area contributed by atoms with Crippen LogP contribution in [0.3, 0.4) is 0 Å². The van der Waals surface area contributed by atoms with Gasteiger partial charge in [-0.2, -0.15) is 0 Å². The summed E-state index contributed by atoms with van der Waals surface area (Å²) in [5.74, 6) is 0.998. The number of esters is 1. The number of ketones is 1. The van der Waals surface area contributed by atoms with Crippen LogP contribution in [0, 0.1) is 0 Å². The van der Waals surface area contributed by atoms with Gasteiger partial charge in [0.1, 0.15) is 18.1 Å². The highest BCUT2D eigenvalue weighted by atomic mass is 16.6. The van der Waals surface area contributed by atoms with E-state index < -0.39 is 11.9 Å². The molecule has 0 aromatic heterocycles. The number of ether oxygens (including phenoxy) is 6. The zero-order valence-corrected chi connectivity index (χ0v) is 23.2. The minimum Gasteiger partial charge on any atom is -0.497 e. The molecule has 1 heterocycles. The van der Waals surface area contributed by atoms with Crippen LogP contribution < -0.4 is 24.3 Å². The molecular formula is C30H35NO8. The molecule has 4 rings (SSSR count). The second-order valence-electron chi connectivity index (χ2n) is 9.37. The van der Waals surface area contributed by atoms with Crippen molar-refractivity contribution in [2.75, 3.05) is 48.8 Å². The number of Topliss-reactive ketones (excluding diaryl/α,β-unsaturated/α-hetero) is 1. The van der Waals surface area contributed by atoms with Crippen molar-refractivity contribution in [1.82, 2.24) is 5.32 Å². The van der Waals surface area contributed by atoms with E-state index in [2.05, 4.69) is 5.32 Å². The number of allylic oxidation sites excluding steroid dienone is 3. The van der Waals surface area contributed by atoms with E-state index in [-0.39, 0.29) is 31.3 Å². The van der Waals surface area contributed by atoms with Gasteiger partial charge >= 0.3 is 5.97 Å². The number of hydrogen-bond donors (Lipinski definition) is 1. The fraction of sp³-hybridized carbons (Fsp3) is 0.400. The molecule has 1 aliphatic carbocycles. The molecule has 0 saturated carbocycles. The quantitative estimate of drug-likeness (QED) is 0.352. The Morgan fingerprint density at radius 3 is 2.26 bits per heavy atom. The predicted octanol–water partition coefficient (Wildman–Crippen LogP) is 4.27. The molecule has 0 amide bonds. The lowest BCUT2D eigenvalue weighted by atomic mass is 9.71. The van der Waals surface area contributed by atoms with Gasteiger partial charge in [0.25, 0.3) is 0 Å². The minimum atomic E-state index is -0.694. The van der Waals surface area contributed by atoms with Gasteiger partial charge in [0.2, 0.25) is 0 Å². The Kier molecular flexibility index (Phi) is 8.81. The molecule has 2 aromatic carbocycles. The lowest BCUT2D eigenvalue weighted by Crippen LogP contribution is -2.36. The van der Waals surface area contributed by atoms with Crippen LogP contribution in [0.15, 0.2) is 58.9 Å². The summed E-state index contributed by atoms with van der Waals surface area (Å²) in [5.41, 5.74) is 3.90. The third-order valence-electron chi connectivity index (χ3n) is 7.19. The van der Waals surface area contributed by atoms with Crippen molar-refractivity contribution in [3.63, 3.8) is 0 Å². The molecule has 9 heteroatoms. The summed E-state index contributed by atoms with van der Waals surface area (Å²) in [4.78, 5) is 27.4. The molecule has 2 unspecified atom stereocenters. The Balaban J connectivity index is 1.81. The second-order valence-corrected chi connectivity index (χ2v) is 9.37. The topological polar surface area (TPSA) is 102 Å². The maximum atomic E-state index is 13.9. The molecule has 0 radical (unpaired) electrons. The third-order valence-corrected chi connectivity index (χ3v) is 7.19. The lowest BCUT2D eigenvalue weighted by molar-refractivity contribution is -0.140. The summed E-state index contributed by atoms with van der Waals surface area (Å²) in [5, 5.41) is 3.37. The molecule has 9 nitrogen and oxygen atoms in total. The van der Waals surface area contributed by atoms with Crippen LogP contribution in [0.25, 0.3) is 0 Å². The average Bonchev–Trinajstić information content (AvgIpc) is 2.95. The van der Waals surface area contributed by atoms with Crippen molar-refractivity contribution in [1.29, 1.82) is 0 Å². The van der Waals surface area contributed by atoms with Crippen molar-refractivity contribution in [3.05, 3.63) is 70.1 Å². The van der Waals surface area contributed by atoms with Gasteiger partial charge in [-0.25, -0.2) is 4.79 Å². The fourth-order valence-corrected chi connectivity index (χ4v) is 5.32. The Morgan fingerprint density at radius 2 is 1.59 bits per heavy atom. The highest BCUT2D eigenvalue weighted by Crippen LogP contribution is 2.49. The maximum absolute atomic E-state index is 13.9. The highest BCUT2D eigenvalue weighted by molar-refractivity contribution is 6.04. The fourth-order valence-electron chi connectivity index (χ4n) is 5.32. The summed E-state index contributed by atoms with van der Waals surface area (Å²) >= 11 is 0. The summed E-state index contributed by atoms with van der Waals surface area (Å²) in [6.07, 6.45) is 0.840. The van der Waals surface area contributed by atoms with Gasteiger partial charge < -0.3 is 33.7 Å². The van der Waals surface area contributed by atoms with E-state index in [1.54, 1.807) is 40.6 Å². The Hall–Kier alpha value is -3.98. The molecule has 0 spiro atoms. The molecule has 1 N–H and O–H groups in total. The van der Waals surface area contributed by atoms with E-state index in [4.69, 9.17) is 28.4 Å². The van der Waals surface area contributed by atoms with Crippen LogP contribution in [-0.4, -0.2) is 60.5 Å². The molecule has 0 fully saturated rings. The van der Waals surface area contributed by atoms with Gasteiger partial charge in [-0.3, -0.25) is 4.79 Å². The van der Waals surface area contributed by atoms with Crippen LogP contribution in [0.1, 0.15) is 42.7 Å². The molecule has 2 aliphatic rings. The van der Waals surface area contributed by atoms with Gasteiger partial charge in [-0.15, -0.1) is 0 Å². The Morgan fingerprint density at radius 1 is 0.872 bits per heavy atom. The number of benzene rings is 2. The van der Waals surface area contributed by atoms with Crippen LogP contribution in [-0.2, 0) is 19.1 Å². The van der Waals surface area contributed by atoms with Gasteiger partial charge in [-0.1, -0.05) is 6.07 Å². The zero-order valence-electron chi connectivity index (χ0n) is 23.2. The van der Waals surface area contributed by atoms with Crippen LogP contribution in [0.4, 0.5) is 0 Å². The molecule has 0 bridgehead atoms. The standard InChI is InChI=1S/C30H35NO8/c1-17-27(30(33)39-12-11-34-2)28(21-16-20(35-3)8-10-24(21)36-4)29-22(31-17)13-19(14-23(29)32)18-7-9-25(37-5)26(15-18)38-6/h7-10,15-16,19,28,31H,11-14H2,1-6H3. The molecular weight excluding hydrogens is 502 g/mol. The second kappa shape index (κ2) is 12.3. The molecule has 1 aliphatic heterocycles. The number of hydrogen-bond acceptors (Lipinski definition) is 9. The minimum absolute atomic E-state index is 0.0619. The highest BCUT2D eigenvalue weighted by Gasteiger charge is 2.42.